The zero-order chi connectivity index (χ0) is 21.5. The summed E-state index contributed by atoms with van der Waals surface area (Å²) in [7, 11) is 0. The minimum absolute atomic E-state index is 0.182. The van der Waals surface area contributed by atoms with Gasteiger partial charge in [0.05, 0.1) is 11.9 Å². The van der Waals surface area contributed by atoms with Crippen LogP contribution in [0, 0.1) is 52.8 Å². The Kier molecular flexibility index (Phi) is 4.32. The van der Waals surface area contributed by atoms with Gasteiger partial charge in [-0.3, -0.25) is 4.79 Å². The summed E-state index contributed by atoms with van der Waals surface area (Å²) in [6, 6.07) is 0. The third-order valence-corrected chi connectivity index (χ3v) is 10.5. The number of hydrogen-bond acceptors (Lipinski definition) is 4. The molecule has 31 heavy (non-hydrogen) atoms. The van der Waals surface area contributed by atoms with Crippen LogP contribution in [0.15, 0.2) is 24.0 Å². The van der Waals surface area contributed by atoms with Crippen molar-refractivity contribution in [1.82, 2.24) is 0 Å². The largest absolute Gasteiger partial charge is 0.510 e. The van der Waals surface area contributed by atoms with Crippen LogP contribution >= 0.6 is 0 Å². The van der Waals surface area contributed by atoms with Gasteiger partial charge in [0.25, 0.3) is 0 Å². The quantitative estimate of drug-likeness (QED) is 0.491. The highest BCUT2D eigenvalue weighted by Gasteiger charge is 2.77. The van der Waals surface area contributed by atoms with Gasteiger partial charge >= 0.3 is 6.16 Å². The zero-order valence-electron chi connectivity index (χ0n) is 18.3. The van der Waals surface area contributed by atoms with Crippen molar-refractivity contribution in [1.29, 1.82) is 0 Å². The van der Waals surface area contributed by atoms with Crippen molar-refractivity contribution in [2.75, 3.05) is 0 Å². The molecule has 6 aliphatic carbocycles. The van der Waals surface area contributed by atoms with E-state index >= 15 is 0 Å². The maximum Gasteiger partial charge on any atom is 0.510 e. The predicted molar refractivity (Wildman–Crippen MR) is 114 cm³/mol. The molecule has 5 heteroatoms. The summed E-state index contributed by atoms with van der Waals surface area (Å²) in [4.78, 5) is 23.1. The van der Waals surface area contributed by atoms with Gasteiger partial charge in [-0.05, 0) is 111 Å². The van der Waals surface area contributed by atoms with Crippen molar-refractivity contribution in [3.8, 4) is 0 Å². The second-order valence-electron chi connectivity index (χ2n) is 11.4. The van der Waals surface area contributed by atoms with E-state index in [0.29, 0.717) is 47.7 Å². The van der Waals surface area contributed by atoms with Crippen LogP contribution in [0.1, 0.15) is 64.7 Å². The molecular weight excluding hydrogens is 392 g/mol. The molecule has 6 aliphatic rings. The fourth-order valence-electron chi connectivity index (χ4n) is 9.28. The molecular formula is C26H34O5. The van der Waals surface area contributed by atoms with Gasteiger partial charge in [-0.15, -0.1) is 0 Å². The van der Waals surface area contributed by atoms with Gasteiger partial charge in [0.15, 0.2) is 5.78 Å². The predicted octanol–water partition coefficient (Wildman–Crippen LogP) is 4.95. The van der Waals surface area contributed by atoms with E-state index in [0.717, 1.165) is 44.4 Å². The average molecular weight is 427 g/mol. The van der Waals surface area contributed by atoms with Gasteiger partial charge in [0.1, 0.15) is 0 Å². The summed E-state index contributed by atoms with van der Waals surface area (Å²) in [5.41, 5.74) is 0.289. The minimum Gasteiger partial charge on any atom is -0.449 e. The van der Waals surface area contributed by atoms with Gasteiger partial charge in [0.2, 0.25) is 0 Å². The van der Waals surface area contributed by atoms with Crippen LogP contribution in [-0.4, -0.2) is 27.8 Å². The van der Waals surface area contributed by atoms with Crippen molar-refractivity contribution in [2.45, 2.75) is 70.3 Å². The number of ether oxygens (including phenoxy) is 1. The van der Waals surface area contributed by atoms with E-state index < -0.39 is 11.8 Å². The Morgan fingerprint density at radius 2 is 2.03 bits per heavy atom. The highest BCUT2D eigenvalue weighted by molar-refractivity contribution is 5.91. The van der Waals surface area contributed by atoms with Gasteiger partial charge in [-0.25, -0.2) is 4.79 Å². The van der Waals surface area contributed by atoms with Crippen LogP contribution in [0.5, 0.6) is 0 Å². The molecule has 0 aromatic heterocycles. The van der Waals surface area contributed by atoms with Crippen molar-refractivity contribution < 1.29 is 24.5 Å². The van der Waals surface area contributed by atoms with Crippen molar-refractivity contribution in [2.24, 2.45) is 52.8 Å². The first kappa shape index (κ1) is 20.0. The SMILES string of the molecule is CC[C@]12CC[C@H]3[C@H]([C@@H]1[C@H]1C[C@H]1[C@@]2(O)/C=C\OC(=O)O)[C@@H](C1CC1)CC1=CC(=O)CC[C@@H]13. The molecule has 0 spiro atoms. The molecule has 0 unspecified atom stereocenters. The number of carboxylic acid groups (broad SMARTS) is 1. The molecule has 5 fully saturated rings. The molecule has 0 aliphatic heterocycles. The summed E-state index contributed by atoms with van der Waals surface area (Å²) in [6.45, 7) is 2.22. The molecule has 5 saturated carbocycles. The van der Waals surface area contributed by atoms with Gasteiger partial charge in [-0.1, -0.05) is 12.5 Å². The van der Waals surface area contributed by atoms with Gasteiger partial charge in [-0.2, -0.15) is 0 Å². The number of fused-ring (bicyclic) bond motifs is 7. The van der Waals surface area contributed by atoms with Crippen LogP contribution in [0.4, 0.5) is 4.79 Å². The first-order valence-corrected chi connectivity index (χ1v) is 12.4. The first-order chi connectivity index (χ1) is 14.9. The summed E-state index contributed by atoms with van der Waals surface area (Å²) >= 11 is 0. The zero-order valence-corrected chi connectivity index (χ0v) is 18.3. The number of aliphatic hydroxyl groups is 1. The molecule has 0 aromatic carbocycles. The second kappa shape index (κ2) is 6.69. The normalized spacial score (nSPS) is 50.2. The highest BCUT2D eigenvalue weighted by atomic mass is 16.7. The van der Waals surface area contributed by atoms with Crippen LogP contribution in [0.25, 0.3) is 0 Å². The molecule has 9 atom stereocenters. The standard InChI is InChI=1S/C26H34O5/c1-2-25-8-7-18-17-6-5-16(27)11-15(17)12-19(14-3-4-14)22(18)23(25)20-13-21(20)26(25,30)9-10-31-24(28)29/h9-11,14,17-23,30H,2-8,12-13H2,1H3,(H,28,29)/b10-9-/t17-,18+,19+,20-,21+,22-,23-,25-,26-/m0/s1. The smallest absolute Gasteiger partial charge is 0.449 e. The minimum atomic E-state index is -1.33. The molecule has 2 N–H and O–H groups in total. The molecule has 0 bridgehead atoms. The third-order valence-electron chi connectivity index (χ3n) is 10.5. The lowest BCUT2D eigenvalue weighted by molar-refractivity contribution is -0.140. The van der Waals surface area contributed by atoms with E-state index in [1.807, 2.05) is 6.08 Å². The van der Waals surface area contributed by atoms with Crippen LogP contribution in [0.2, 0.25) is 0 Å². The molecule has 5 nitrogen and oxygen atoms in total. The monoisotopic (exact) mass is 426 g/mol. The van der Waals surface area contributed by atoms with Crippen LogP contribution in [0.3, 0.4) is 0 Å². The Bertz CT molecular complexity index is 871. The van der Waals surface area contributed by atoms with Gasteiger partial charge in [0, 0.05) is 11.8 Å². The fourth-order valence-corrected chi connectivity index (χ4v) is 9.28. The van der Waals surface area contributed by atoms with E-state index in [-0.39, 0.29) is 11.3 Å². The van der Waals surface area contributed by atoms with Gasteiger partial charge < -0.3 is 14.9 Å². The Morgan fingerprint density at radius 1 is 1.23 bits per heavy atom. The summed E-state index contributed by atoms with van der Waals surface area (Å²) in [5.74, 6) is 4.88. The van der Waals surface area contributed by atoms with E-state index in [2.05, 4.69) is 6.92 Å². The second-order valence-corrected chi connectivity index (χ2v) is 11.4. The summed E-state index contributed by atoms with van der Waals surface area (Å²) < 4.78 is 4.70. The lowest BCUT2D eigenvalue weighted by Gasteiger charge is -2.60. The Balaban J connectivity index is 1.39. The van der Waals surface area contributed by atoms with Crippen LogP contribution in [-0.2, 0) is 9.53 Å². The lowest BCUT2D eigenvalue weighted by Crippen LogP contribution is -2.57. The highest BCUT2D eigenvalue weighted by Crippen LogP contribution is 2.78. The molecule has 0 amide bonds. The molecule has 0 aromatic rings. The van der Waals surface area contributed by atoms with Crippen molar-refractivity contribution in [3.05, 3.63) is 24.0 Å². The molecule has 168 valence electrons. The maximum absolute atomic E-state index is 12.2. The first-order valence-electron chi connectivity index (χ1n) is 12.4. The van der Waals surface area contributed by atoms with E-state index in [1.54, 1.807) is 6.08 Å². The third kappa shape index (κ3) is 2.71. The number of rotatable bonds is 4. The van der Waals surface area contributed by atoms with Crippen molar-refractivity contribution in [3.63, 3.8) is 0 Å². The van der Waals surface area contributed by atoms with E-state index in [1.165, 1.54) is 24.7 Å². The average Bonchev–Trinajstić information content (AvgIpc) is 3.65. The lowest BCUT2D eigenvalue weighted by atomic mass is 9.45. The summed E-state index contributed by atoms with van der Waals surface area (Å²) in [5, 5.41) is 20.9. The van der Waals surface area contributed by atoms with E-state index in [9.17, 15) is 14.7 Å². The Labute approximate surface area is 183 Å². The van der Waals surface area contributed by atoms with Crippen LogP contribution < -0.4 is 0 Å². The molecule has 0 radical (unpaired) electrons. The number of carbonyl (C=O) groups excluding carboxylic acids is 1. The number of ketones is 1. The molecule has 0 heterocycles. The number of carbonyl (C=O) groups is 2. The molecule has 6 rings (SSSR count). The Morgan fingerprint density at radius 3 is 2.74 bits per heavy atom. The summed E-state index contributed by atoms with van der Waals surface area (Å²) in [6.07, 6.45) is 13.1. The Hall–Kier alpha value is -1.62. The fraction of sp³-hybridized carbons (Fsp3) is 0.769. The maximum atomic E-state index is 12.2. The van der Waals surface area contributed by atoms with E-state index in [4.69, 9.17) is 9.84 Å². The van der Waals surface area contributed by atoms with Crippen molar-refractivity contribution >= 4 is 11.9 Å². The number of allylic oxidation sites excluding steroid dienone is 1. The topological polar surface area (TPSA) is 83.8 Å². The number of hydrogen-bond donors (Lipinski definition) is 2. The molecule has 0 saturated heterocycles.